The van der Waals surface area contributed by atoms with Gasteiger partial charge in [0.25, 0.3) is 0 Å². The number of aryl methyl sites for hydroxylation is 1. The van der Waals surface area contributed by atoms with Gasteiger partial charge < -0.3 is 5.32 Å². The Morgan fingerprint density at radius 2 is 1.79 bits per heavy atom. The summed E-state index contributed by atoms with van der Waals surface area (Å²) in [5.41, 5.74) is 2.94. The van der Waals surface area contributed by atoms with E-state index in [1.807, 2.05) is 36.4 Å². The number of hydrogen-bond donors (Lipinski definition) is 1. The maximum atomic E-state index is 12.4. The molecule has 0 fully saturated rings. The number of anilines is 2. The molecule has 0 bridgehead atoms. The first-order chi connectivity index (χ1) is 13.4. The predicted octanol–water partition coefficient (Wildman–Crippen LogP) is 3.59. The molecule has 1 N–H and O–H groups in total. The maximum Gasteiger partial charge on any atom is 0.232 e. The Kier molecular flexibility index (Phi) is 5.94. The molecule has 0 spiro atoms. The number of aromatic nitrogens is 1. The van der Waals surface area contributed by atoms with Gasteiger partial charge in [0.15, 0.2) is 0 Å². The number of carbonyl (C=O) groups is 1. The van der Waals surface area contributed by atoms with Gasteiger partial charge in [-0.05, 0) is 36.2 Å². The lowest BCUT2D eigenvalue weighted by Crippen LogP contribution is -2.33. The summed E-state index contributed by atoms with van der Waals surface area (Å²) in [4.78, 5) is 16.7. The van der Waals surface area contributed by atoms with Crippen molar-refractivity contribution < 1.29 is 13.2 Å². The molecular weight excluding hydrogens is 374 g/mol. The van der Waals surface area contributed by atoms with Gasteiger partial charge in [0.05, 0.1) is 17.5 Å². The number of pyridine rings is 1. The van der Waals surface area contributed by atoms with Crippen LogP contribution in [0.3, 0.4) is 0 Å². The largest absolute Gasteiger partial charge is 0.326 e. The Labute approximate surface area is 165 Å². The van der Waals surface area contributed by atoms with E-state index in [0.717, 1.165) is 18.1 Å². The first kappa shape index (κ1) is 19.8. The molecule has 1 heterocycles. The Morgan fingerprint density at radius 1 is 1.07 bits per heavy atom. The Hall–Kier alpha value is -2.93. The average Bonchev–Trinajstić information content (AvgIpc) is 2.68. The highest BCUT2D eigenvalue weighted by molar-refractivity contribution is 7.92. The summed E-state index contributed by atoms with van der Waals surface area (Å²) in [6, 6.07) is 16.6. The van der Waals surface area contributed by atoms with Gasteiger partial charge in [0, 0.05) is 30.2 Å². The number of carbonyl (C=O) groups excluding carboxylic acids is 1. The molecule has 0 aliphatic rings. The highest BCUT2D eigenvalue weighted by Crippen LogP contribution is 2.26. The van der Waals surface area contributed by atoms with Crippen molar-refractivity contribution in [3.05, 3.63) is 66.4 Å². The van der Waals surface area contributed by atoms with Crippen LogP contribution in [0.2, 0.25) is 0 Å². The lowest BCUT2D eigenvalue weighted by atomic mass is 10.1. The highest BCUT2D eigenvalue weighted by atomic mass is 32.2. The van der Waals surface area contributed by atoms with Crippen LogP contribution in [0.4, 0.5) is 11.4 Å². The van der Waals surface area contributed by atoms with E-state index in [9.17, 15) is 13.2 Å². The number of hydrogen-bond acceptors (Lipinski definition) is 4. The predicted molar refractivity (Wildman–Crippen MR) is 113 cm³/mol. The fraction of sp³-hybridized carbons (Fsp3) is 0.238. The number of benzene rings is 2. The zero-order chi connectivity index (χ0) is 20.1. The first-order valence-corrected chi connectivity index (χ1v) is 10.9. The van der Waals surface area contributed by atoms with Crippen molar-refractivity contribution in [2.45, 2.75) is 19.8 Å². The van der Waals surface area contributed by atoms with Crippen LogP contribution in [0.5, 0.6) is 0 Å². The second kappa shape index (κ2) is 8.39. The molecule has 28 heavy (non-hydrogen) atoms. The summed E-state index contributed by atoms with van der Waals surface area (Å²) >= 11 is 0. The Bertz CT molecular complexity index is 1070. The van der Waals surface area contributed by atoms with Gasteiger partial charge in [0.1, 0.15) is 0 Å². The second-order valence-corrected chi connectivity index (χ2v) is 8.44. The molecule has 3 rings (SSSR count). The van der Waals surface area contributed by atoms with E-state index in [-0.39, 0.29) is 18.9 Å². The minimum absolute atomic E-state index is 0.0336. The first-order valence-electron chi connectivity index (χ1n) is 9.08. The van der Waals surface area contributed by atoms with Crippen LogP contribution in [0.1, 0.15) is 18.9 Å². The number of nitrogens with zero attached hydrogens (tertiary/aromatic N) is 2. The van der Waals surface area contributed by atoms with Crippen LogP contribution in [0.25, 0.3) is 10.9 Å². The molecular formula is C21H23N3O3S. The lowest BCUT2D eigenvalue weighted by molar-refractivity contribution is -0.116. The second-order valence-electron chi connectivity index (χ2n) is 6.54. The lowest BCUT2D eigenvalue weighted by Gasteiger charge is -2.23. The van der Waals surface area contributed by atoms with Crippen molar-refractivity contribution in [2.75, 3.05) is 22.4 Å². The number of fused-ring (bicyclic) bond motifs is 1. The van der Waals surface area contributed by atoms with E-state index in [1.54, 1.807) is 24.4 Å². The summed E-state index contributed by atoms with van der Waals surface area (Å²) in [6.07, 6.45) is 3.72. The summed E-state index contributed by atoms with van der Waals surface area (Å²) in [5, 5.41) is 3.65. The topological polar surface area (TPSA) is 79.4 Å². The van der Waals surface area contributed by atoms with Crippen LogP contribution < -0.4 is 9.62 Å². The van der Waals surface area contributed by atoms with Gasteiger partial charge in [-0.15, -0.1) is 0 Å². The standard InChI is InChI=1S/C21H23N3O3S/c1-3-16-9-11-18(12-10-16)23-20(25)13-15-24(28(2,26)27)19-8-4-6-17-7-5-14-22-21(17)19/h4-12,14H,3,13,15H2,1-2H3,(H,23,25). The van der Waals surface area contributed by atoms with Crippen molar-refractivity contribution in [2.24, 2.45) is 0 Å². The van der Waals surface area contributed by atoms with Gasteiger partial charge in [-0.25, -0.2) is 8.42 Å². The summed E-state index contributed by atoms with van der Waals surface area (Å²) < 4.78 is 26.0. The van der Waals surface area contributed by atoms with Crippen molar-refractivity contribution in [3.8, 4) is 0 Å². The van der Waals surface area contributed by atoms with Crippen LogP contribution in [0.15, 0.2) is 60.8 Å². The minimum atomic E-state index is -3.57. The van der Waals surface area contributed by atoms with Crippen molar-refractivity contribution >= 4 is 38.2 Å². The fourth-order valence-corrected chi connectivity index (χ4v) is 3.93. The van der Waals surface area contributed by atoms with Gasteiger partial charge in [-0.3, -0.25) is 14.1 Å². The zero-order valence-electron chi connectivity index (χ0n) is 15.9. The minimum Gasteiger partial charge on any atom is -0.326 e. The maximum absolute atomic E-state index is 12.4. The van der Waals surface area contributed by atoms with E-state index in [2.05, 4.69) is 17.2 Å². The average molecular weight is 398 g/mol. The fourth-order valence-electron chi connectivity index (χ4n) is 3.00. The molecule has 0 saturated carbocycles. The van der Waals surface area contributed by atoms with Crippen LogP contribution in [0, 0.1) is 0 Å². The molecule has 6 nitrogen and oxygen atoms in total. The van der Waals surface area contributed by atoms with Crippen molar-refractivity contribution in [1.29, 1.82) is 0 Å². The summed E-state index contributed by atoms with van der Waals surface area (Å²) in [7, 11) is -3.57. The summed E-state index contributed by atoms with van der Waals surface area (Å²) in [6.45, 7) is 2.10. The molecule has 1 aromatic heterocycles. The molecule has 0 atom stereocenters. The summed E-state index contributed by atoms with van der Waals surface area (Å²) in [5.74, 6) is -0.244. The van der Waals surface area contributed by atoms with Gasteiger partial charge in [-0.2, -0.15) is 0 Å². The normalized spacial score (nSPS) is 11.4. The number of sulfonamides is 1. The quantitative estimate of drug-likeness (QED) is 0.661. The third-order valence-electron chi connectivity index (χ3n) is 4.47. The van der Waals surface area contributed by atoms with Gasteiger partial charge >= 0.3 is 0 Å². The number of rotatable bonds is 7. The van der Waals surface area contributed by atoms with E-state index in [4.69, 9.17) is 0 Å². The Morgan fingerprint density at radius 3 is 2.46 bits per heavy atom. The van der Waals surface area contributed by atoms with Crippen LogP contribution >= 0.6 is 0 Å². The van der Waals surface area contributed by atoms with Crippen molar-refractivity contribution in [3.63, 3.8) is 0 Å². The molecule has 0 saturated heterocycles. The number of amides is 1. The molecule has 0 aliphatic carbocycles. The smallest absolute Gasteiger partial charge is 0.232 e. The number of nitrogens with one attached hydrogen (secondary N) is 1. The molecule has 1 amide bonds. The molecule has 0 unspecified atom stereocenters. The van der Waals surface area contributed by atoms with Crippen molar-refractivity contribution in [1.82, 2.24) is 4.98 Å². The SMILES string of the molecule is CCc1ccc(NC(=O)CCN(c2cccc3cccnc23)S(C)(=O)=O)cc1. The monoisotopic (exact) mass is 397 g/mol. The van der Waals surface area contributed by atoms with E-state index in [0.29, 0.717) is 16.9 Å². The van der Waals surface area contributed by atoms with E-state index < -0.39 is 10.0 Å². The van der Waals surface area contributed by atoms with Gasteiger partial charge in [0.2, 0.25) is 15.9 Å². The van der Waals surface area contributed by atoms with E-state index >= 15 is 0 Å². The molecule has 146 valence electrons. The molecule has 3 aromatic rings. The molecule has 0 radical (unpaired) electrons. The molecule has 2 aromatic carbocycles. The van der Waals surface area contributed by atoms with Crippen LogP contribution in [-0.2, 0) is 21.2 Å². The third kappa shape index (κ3) is 4.67. The third-order valence-corrected chi connectivity index (χ3v) is 5.65. The molecule has 7 heteroatoms. The highest BCUT2D eigenvalue weighted by Gasteiger charge is 2.21. The van der Waals surface area contributed by atoms with E-state index in [1.165, 1.54) is 9.87 Å². The van der Waals surface area contributed by atoms with Gasteiger partial charge in [-0.1, -0.05) is 37.3 Å². The number of para-hydroxylation sites is 1. The van der Waals surface area contributed by atoms with Crippen LogP contribution in [-0.4, -0.2) is 32.1 Å². The zero-order valence-corrected chi connectivity index (χ0v) is 16.7. The molecule has 0 aliphatic heterocycles. The Balaban J connectivity index is 1.77.